The van der Waals surface area contributed by atoms with Crippen LogP contribution in [0.5, 0.6) is 0 Å². The maximum absolute atomic E-state index is 13.4. The van der Waals surface area contributed by atoms with Crippen LogP contribution in [-0.4, -0.2) is 29.4 Å². The van der Waals surface area contributed by atoms with Crippen molar-refractivity contribution in [2.45, 2.75) is 58.5 Å². The third kappa shape index (κ3) is 4.12. The monoisotopic (exact) mass is 377 g/mol. The molecule has 4 nitrogen and oxygen atoms in total. The Balaban J connectivity index is 2.45. The van der Waals surface area contributed by atoms with Crippen molar-refractivity contribution in [1.82, 2.24) is 4.90 Å². The predicted molar refractivity (Wildman–Crippen MR) is 104 cm³/mol. The van der Waals surface area contributed by atoms with E-state index in [1.54, 1.807) is 17.9 Å². The van der Waals surface area contributed by atoms with Crippen molar-refractivity contribution in [1.29, 1.82) is 0 Å². The third-order valence-corrected chi connectivity index (χ3v) is 5.44. The van der Waals surface area contributed by atoms with Crippen LogP contribution in [0.15, 0.2) is 36.9 Å². The van der Waals surface area contributed by atoms with Gasteiger partial charge in [0, 0.05) is 5.02 Å². The number of rotatable bonds is 7. The van der Waals surface area contributed by atoms with Gasteiger partial charge in [0.25, 0.3) is 0 Å². The molecule has 0 spiro atoms. The molecule has 1 unspecified atom stereocenters. The van der Waals surface area contributed by atoms with Gasteiger partial charge >= 0.3 is 5.97 Å². The Morgan fingerprint density at radius 2 is 2.08 bits per heavy atom. The fraction of sp³-hybridized carbons (Fsp3) is 0.524. The number of piperidine rings is 1. The number of allylic oxidation sites excluding steroid dienone is 1. The molecule has 1 aromatic rings. The van der Waals surface area contributed by atoms with Crippen LogP contribution >= 0.6 is 11.6 Å². The van der Waals surface area contributed by atoms with Gasteiger partial charge in [0.1, 0.15) is 6.04 Å². The first-order chi connectivity index (χ1) is 12.4. The van der Waals surface area contributed by atoms with Crippen LogP contribution in [0.1, 0.15) is 58.1 Å². The van der Waals surface area contributed by atoms with Gasteiger partial charge in [0.05, 0.1) is 18.1 Å². The standard InChI is InChI=1S/C21H28ClNO3/c1-5-13-21(4)14-12-18(15-8-10-16(22)11-9-15)23(20(21)25)17(6-2)19(24)26-7-3/h5,8-11,17-18H,1,6-7,12-14H2,2-4H3/t17?,18-,21+/m0/s1. The van der Waals surface area contributed by atoms with Crippen LogP contribution in [0.3, 0.4) is 0 Å². The van der Waals surface area contributed by atoms with Crippen LogP contribution in [0.4, 0.5) is 0 Å². The number of esters is 1. The molecule has 0 aliphatic carbocycles. The van der Waals surface area contributed by atoms with Crippen LogP contribution in [0, 0.1) is 5.41 Å². The Morgan fingerprint density at radius 1 is 1.42 bits per heavy atom. The number of halogens is 1. The topological polar surface area (TPSA) is 46.6 Å². The lowest BCUT2D eigenvalue weighted by Crippen LogP contribution is -2.55. The van der Waals surface area contributed by atoms with Gasteiger partial charge in [-0.3, -0.25) is 4.79 Å². The first kappa shape index (κ1) is 20.5. The zero-order valence-electron chi connectivity index (χ0n) is 15.8. The molecule has 1 saturated heterocycles. The Hall–Kier alpha value is -1.81. The molecule has 1 amide bonds. The lowest BCUT2D eigenvalue weighted by molar-refractivity contribution is -0.165. The van der Waals surface area contributed by atoms with E-state index >= 15 is 0 Å². The molecule has 0 N–H and O–H groups in total. The molecule has 3 atom stereocenters. The quantitative estimate of drug-likeness (QED) is 0.500. The maximum Gasteiger partial charge on any atom is 0.328 e. The van der Waals surface area contributed by atoms with E-state index < -0.39 is 11.5 Å². The van der Waals surface area contributed by atoms with Crippen LogP contribution in [0.2, 0.25) is 5.02 Å². The molecule has 0 saturated carbocycles. The van der Waals surface area contributed by atoms with Gasteiger partial charge < -0.3 is 9.64 Å². The van der Waals surface area contributed by atoms with Gasteiger partial charge in [-0.2, -0.15) is 0 Å². The minimum absolute atomic E-state index is 0.0106. The fourth-order valence-electron chi connectivity index (χ4n) is 3.75. The largest absolute Gasteiger partial charge is 0.464 e. The van der Waals surface area contributed by atoms with Gasteiger partial charge in [-0.1, -0.05) is 43.7 Å². The van der Waals surface area contributed by atoms with E-state index in [0.29, 0.717) is 24.5 Å². The number of nitrogens with zero attached hydrogens (tertiary/aromatic N) is 1. The normalized spacial score (nSPS) is 24.2. The number of carbonyl (C=O) groups excluding carboxylic acids is 2. The van der Waals surface area contributed by atoms with Crippen molar-refractivity contribution in [2.24, 2.45) is 5.41 Å². The molecule has 1 aromatic carbocycles. The molecule has 1 aliphatic heterocycles. The average molecular weight is 378 g/mol. The van der Waals surface area contributed by atoms with Gasteiger partial charge in [0.15, 0.2) is 0 Å². The highest BCUT2D eigenvalue weighted by atomic mass is 35.5. The summed E-state index contributed by atoms with van der Waals surface area (Å²) >= 11 is 6.02. The van der Waals surface area contributed by atoms with E-state index in [1.165, 1.54) is 0 Å². The Kier molecular flexibility index (Phi) is 6.87. The van der Waals surface area contributed by atoms with E-state index in [-0.39, 0.29) is 17.9 Å². The summed E-state index contributed by atoms with van der Waals surface area (Å²) in [5, 5.41) is 0.649. The van der Waals surface area contributed by atoms with Crippen molar-refractivity contribution in [3.63, 3.8) is 0 Å². The highest BCUT2D eigenvalue weighted by Crippen LogP contribution is 2.44. The molecular formula is C21H28ClNO3. The fourth-order valence-corrected chi connectivity index (χ4v) is 3.87. The number of carbonyl (C=O) groups is 2. The van der Waals surface area contributed by atoms with Crippen LogP contribution < -0.4 is 0 Å². The minimum Gasteiger partial charge on any atom is -0.464 e. The van der Waals surface area contributed by atoms with Crippen molar-refractivity contribution in [2.75, 3.05) is 6.61 Å². The lowest BCUT2D eigenvalue weighted by Gasteiger charge is -2.47. The maximum atomic E-state index is 13.4. The molecule has 1 fully saturated rings. The molecule has 142 valence electrons. The predicted octanol–water partition coefficient (Wildman–Crippen LogP) is 4.93. The van der Waals surface area contributed by atoms with E-state index in [2.05, 4.69) is 6.58 Å². The second kappa shape index (κ2) is 8.72. The van der Waals surface area contributed by atoms with Crippen molar-refractivity contribution >= 4 is 23.5 Å². The lowest BCUT2D eigenvalue weighted by atomic mass is 9.74. The SMILES string of the molecule is C=CC[C@]1(C)CC[C@@H](c2ccc(Cl)cc2)N(C(CC)C(=O)OCC)C1=O. The van der Waals surface area contributed by atoms with Crippen molar-refractivity contribution < 1.29 is 14.3 Å². The summed E-state index contributed by atoms with van der Waals surface area (Å²) in [6.07, 6.45) is 4.42. The summed E-state index contributed by atoms with van der Waals surface area (Å²) in [6, 6.07) is 6.76. The molecule has 0 aromatic heterocycles. The Bertz CT molecular complexity index is 658. The summed E-state index contributed by atoms with van der Waals surface area (Å²) in [7, 11) is 0. The molecule has 2 rings (SSSR count). The van der Waals surface area contributed by atoms with Crippen LogP contribution in [0.25, 0.3) is 0 Å². The molecule has 0 radical (unpaired) electrons. The van der Waals surface area contributed by atoms with Gasteiger partial charge in [-0.05, 0) is 50.3 Å². The number of likely N-dealkylation sites (tertiary alicyclic amines) is 1. The number of benzene rings is 1. The molecular weight excluding hydrogens is 350 g/mol. The first-order valence-corrected chi connectivity index (χ1v) is 9.61. The highest BCUT2D eigenvalue weighted by molar-refractivity contribution is 6.30. The summed E-state index contributed by atoms with van der Waals surface area (Å²) < 4.78 is 5.25. The second-order valence-corrected chi connectivity index (χ2v) is 7.48. The summed E-state index contributed by atoms with van der Waals surface area (Å²) in [4.78, 5) is 27.7. The Labute approximate surface area is 161 Å². The molecule has 1 aliphatic rings. The minimum atomic E-state index is -0.590. The first-order valence-electron chi connectivity index (χ1n) is 9.23. The number of hydrogen-bond acceptors (Lipinski definition) is 3. The van der Waals surface area contributed by atoms with E-state index in [1.807, 2.05) is 38.1 Å². The summed E-state index contributed by atoms with van der Waals surface area (Å²) in [6.45, 7) is 9.74. The third-order valence-electron chi connectivity index (χ3n) is 5.19. The zero-order valence-corrected chi connectivity index (χ0v) is 16.6. The van der Waals surface area contributed by atoms with Crippen molar-refractivity contribution in [3.8, 4) is 0 Å². The number of hydrogen-bond donors (Lipinski definition) is 0. The van der Waals surface area contributed by atoms with Gasteiger partial charge in [0.2, 0.25) is 5.91 Å². The average Bonchev–Trinajstić information content (AvgIpc) is 2.61. The second-order valence-electron chi connectivity index (χ2n) is 7.05. The number of amides is 1. The van der Waals surface area contributed by atoms with E-state index in [9.17, 15) is 9.59 Å². The highest BCUT2D eigenvalue weighted by Gasteiger charge is 2.47. The smallest absolute Gasteiger partial charge is 0.328 e. The van der Waals surface area contributed by atoms with Gasteiger partial charge in [-0.15, -0.1) is 6.58 Å². The zero-order chi connectivity index (χ0) is 19.3. The molecule has 1 heterocycles. The summed E-state index contributed by atoms with van der Waals surface area (Å²) in [5.41, 5.74) is 0.455. The van der Waals surface area contributed by atoms with Gasteiger partial charge in [-0.25, -0.2) is 4.79 Å². The van der Waals surface area contributed by atoms with E-state index in [0.717, 1.165) is 18.4 Å². The molecule has 0 bridgehead atoms. The Morgan fingerprint density at radius 3 is 2.62 bits per heavy atom. The van der Waals surface area contributed by atoms with E-state index in [4.69, 9.17) is 16.3 Å². The van der Waals surface area contributed by atoms with Crippen LogP contribution in [-0.2, 0) is 14.3 Å². The number of ether oxygens (including phenoxy) is 1. The van der Waals surface area contributed by atoms with Crippen molar-refractivity contribution in [3.05, 3.63) is 47.5 Å². The molecule has 5 heteroatoms. The summed E-state index contributed by atoms with van der Waals surface area (Å²) in [5.74, 6) is -0.353. The molecule has 26 heavy (non-hydrogen) atoms.